The van der Waals surface area contributed by atoms with Crippen molar-refractivity contribution in [2.45, 2.75) is 6.54 Å². The molecular weight excluding hydrogens is 196 g/mol. The third-order valence-electron chi connectivity index (χ3n) is 1.77. The van der Waals surface area contributed by atoms with Gasteiger partial charge in [-0.2, -0.15) is 0 Å². The van der Waals surface area contributed by atoms with Crippen LogP contribution in [0.4, 0.5) is 10.8 Å². The Bertz CT molecular complexity index is 399. The molecule has 4 nitrogen and oxygen atoms in total. The van der Waals surface area contributed by atoms with Crippen molar-refractivity contribution >= 4 is 22.2 Å². The van der Waals surface area contributed by atoms with Gasteiger partial charge < -0.3 is 11.1 Å². The first kappa shape index (κ1) is 9.11. The van der Waals surface area contributed by atoms with Gasteiger partial charge in [0.1, 0.15) is 5.51 Å². The van der Waals surface area contributed by atoms with Crippen LogP contribution < -0.4 is 11.1 Å². The Hall–Kier alpha value is -1.46. The third kappa shape index (κ3) is 2.07. The van der Waals surface area contributed by atoms with Gasteiger partial charge in [-0.05, 0) is 17.7 Å². The maximum Gasteiger partial charge on any atom is 0.209 e. The molecule has 3 N–H and O–H groups in total. The molecule has 0 radical (unpaired) electrons. The number of aromatic nitrogens is 2. The molecule has 0 unspecified atom stereocenters. The number of hydrogen-bond acceptors (Lipinski definition) is 5. The first-order valence-corrected chi connectivity index (χ1v) is 5.08. The lowest BCUT2D eigenvalue weighted by molar-refractivity contribution is 1.07. The van der Waals surface area contributed by atoms with E-state index in [-0.39, 0.29) is 0 Å². The Kier molecular flexibility index (Phi) is 2.71. The van der Waals surface area contributed by atoms with Crippen molar-refractivity contribution in [3.8, 4) is 0 Å². The topological polar surface area (TPSA) is 63.8 Å². The van der Waals surface area contributed by atoms with E-state index in [9.17, 15) is 0 Å². The lowest BCUT2D eigenvalue weighted by Crippen LogP contribution is -1.97. The van der Waals surface area contributed by atoms with E-state index in [1.165, 1.54) is 11.3 Å². The van der Waals surface area contributed by atoms with Crippen LogP contribution in [0.25, 0.3) is 0 Å². The summed E-state index contributed by atoms with van der Waals surface area (Å²) in [5.41, 5.74) is 9.32. The predicted molar refractivity (Wildman–Crippen MR) is 57.5 cm³/mol. The summed E-state index contributed by atoms with van der Waals surface area (Å²) in [7, 11) is 0. The summed E-state index contributed by atoms with van der Waals surface area (Å²) in [6.45, 7) is 0.547. The maximum atomic E-state index is 5.54. The zero-order valence-electron chi connectivity index (χ0n) is 7.47. The molecule has 0 amide bonds. The van der Waals surface area contributed by atoms with Crippen LogP contribution >= 0.6 is 11.3 Å². The standard InChI is InChI=1S/C9H10N4S/c10-5-7-2-1-3-8(4-7)12-9-13-11-6-14-9/h1-4,6H,5,10H2,(H,12,13). The lowest BCUT2D eigenvalue weighted by atomic mass is 10.2. The van der Waals surface area contributed by atoms with E-state index < -0.39 is 0 Å². The number of nitrogens with one attached hydrogen (secondary N) is 1. The average Bonchev–Trinajstić information content (AvgIpc) is 2.71. The van der Waals surface area contributed by atoms with Gasteiger partial charge >= 0.3 is 0 Å². The monoisotopic (exact) mass is 206 g/mol. The number of nitrogens with zero attached hydrogens (tertiary/aromatic N) is 2. The molecule has 5 heteroatoms. The zero-order chi connectivity index (χ0) is 9.80. The van der Waals surface area contributed by atoms with Gasteiger partial charge in [0, 0.05) is 12.2 Å². The van der Waals surface area contributed by atoms with E-state index in [1.807, 2.05) is 24.3 Å². The number of rotatable bonds is 3. The molecule has 0 atom stereocenters. The quantitative estimate of drug-likeness (QED) is 0.803. The van der Waals surface area contributed by atoms with E-state index in [0.29, 0.717) is 6.54 Å². The van der Waals surface area contributed by atoms with Gasteiger partial charge in [-0.25, -0.2) is 0 Å². The number of benzene rings is 1. The molecule has 1 aromatic heterocycles. The fourth-order valence-corrected chi connectivity index (χ4v) is 1.59. The van der Waals surface area contributed by atoms with Gasteiger partial charge in [-0.3, -0.25) is 0 Å². The van der Waals surface area contributed by atoms with Crippen molar-refractivity contribution in [2.75, 3.05) is 5.32 Å². The van der Waals surface area contributed by atoms with Gasteiger partial charge in [0.05, 0.1) is 0 Å². The normalized spacial score (nSPS) is 10.1. The first-order chi connectivity index (χ1) is 6.88. The minimum atomic E-state index is 0.547. The molecule has 0 aliphatic carbocycles. The summed E-state index contributed by atoms with van der Waals surface area (Å²) in [5, 5.41) is 11.6. The highest BCUT2D eigenvalue weighted by Gasteiger charge is 1.97. The molecule has 2 aromatic rings. The van der Waals surface area contributed by atoms with Crippen LogP contribution in [0.3, 0.4) is 0 Å². The molecule has 72 valence electrons. The van der Waals surface area contributed by atoms with Crippen molar-refractivity contribution in [3.05, 3.63) is 35.3 Å². The van der Waals surface area contributed by atoms with Crippen molar-refractivity contribution in [1.29, 1.82) is 0 Å². The van der Waals surface area contributed by atoms with Crippen LogP contribution in [0.2, 0.25) is 0 Å². The van der Waals surface area contributed by atoms with Crippen molar-refractivity contribution < 1.29 is 0 Å². The molecule has 0 aliphatic heterocycles. The first-order valence-electron chi connectivity index (χ1n) is 4.20. The van der Waals surface area contributed by atoms with Crippen LogP contribution in [-0.4, -0.2) is 10.2 Å². The van der Waals surface area contributed by atoms with E-state index in [1.54, 1.807) is 5.51 Å². The summed E-state index contributed by atoms with van der Waals surface area (Å²) >= 11 is 1.47. The fourth-order valence-electron chi connectivity index (χ4n) is 1.13. The second-order valence-corrected chi connectivity index (χ2v) is 3.61. The van der Waals surface area contributed by atoms with Crippen LogP contribution in [0.5, 0.6) is 0 Å². The number of hydrogen-bond donors (Lipinski definition) is 2. The fraction of sp³-hybridized carbons (Fsp3) is 0.111. The molecule has 0 saturated carbocycles. The van der Waals surface area contributed by atoms with Crippen molar-refractivity contribution in [1.82, 2.24) is 10.2 Å². The Labute approximate surface area is 85.8 Å². The van der Waals surface area contributed by atoms with Crippen molar-refractivity contribution in [3.63, 3.8) is 0 Å². The van der Waals surface area contributed by atoms with Gasteiger partial charge in [-0.1, -0.05) is 23.5 Å². The van der Waals surface area contributed by atoms with E-state index in [0.717, 1.165) is 16.4 Å². The van der Waals surface area contributed by atoms with E-state index in [4.69, 9.17) is 5.73 Å². The largest absolute Gasteiger partial charge is 0.330 e. The van der Waals surface area contributed by atoms with E-state index in [2.05, 4.69) is 15.5 Å². The Morgan fingerprint density at radius 2 is 2.36 bits per heavy atom. The molecule has 1 heterocycles. The molecule has 0 bridgehead atoms. The van der Waals surface area contributed by atoms with Crippen molar-refractivity contribution in [2.24, 2.45) is 5.73 Å². The van der Waals surface area contributed by atoms with E-state index >= 15 is 0 Å². The molecule has 0 aliphatic rings. The predicted octanol–water partition coefficient (Wildman–Crippen LogP) is 1.74. The summed E-state index contributed by atoms with van der Waals surface area (Å²) in [4.78, 5) is 0. The highest BCUT2D eigenvalue weighted by Crippen LogP contribution is 2.18. The van der Waals surface area contributed by atoms with Gasteiger partial charge in [0.25, 0.3) is 0 Å². The zero-order valence-corrected chi connectivity index (χ0v) is 8.29. The number of nitrogens with two attached hydrogens (primary N) is 1. The minimum Gasteiger partial charge on any atom is -0.330 e. The minimum absolute atomic E-state index is 0.547. The number of anilines is 2. The highest BCUT2D eigenvalue weighted by molar-refractivity contribution is 7.13. The summed E-state index contributed by atoms with van der Waals surface area (Å²) < 4.78 is 0. The van der Waals surface area contributed by atoms with Crippen LogP contribution in [0, 0.1) is 0 Å². The average molecular weight is 206 g/mol. The molecule has 14 heavy (non-hydrogen) atoms. The SMILES string of the molecule is NCc1cccc(Nc2nncs2)c1. The van der Waals surface area contributed by atoms with Crippen LogP contribution in [0.1, 0.15) is 5.56 Å². The van der Waals surface area contributed by atoms with Gasteiger partial charge in [0.15, 0.2) is 0 Å². The lowest BCUT2D eigenvalue weighted by Gasteiger charge is -2.03. The molecular formula is C9H10N4S. The van der Waals surface area contributed by atoms with Gasteiger partial charge in [0.2, 0.25) is 5.13 Å². The molecule has 2 rings (SSSR count). The smallest absolute Gasteiger partial charge is 0.209 e. The Morgan fingerprint density at radius 3 is 3.07 bits per heavy atom. The third-order valence-corrected chi connectivity index (χ3v) is 2.38. The molecule has 0 saturated heterocycles. The maximum absolute atomic E-state index is 5.54. The summed E-state index contributed by atoms with van der Waals surface area (Å²) in [6.07, 6.45) is 0. The van der Waals surface area contributed by atoms with Crippen LogP contribution in [-0.2, 0) is 6.54 Å². The second-order valence-electron chi connectivity index (χ2n) is 2.77. The molecule has 0 fully saturated rings. The second kappa shape index (κ2) is 4.17. The Balaban J connectivity index is 2.17. The highest BCUT2D eigenvalue weighted by atomic mass is 32.1. The summed E-state index contributed by atoms with van der Waals surface area (Å²) in [5.74, 6) is 0. The van der Waals surface area contributed by atoms with Crippen LogP contribution in [0.15, 0.2) is 29.8 Å². The molecule has 0 spiro atoms. The van der Waals surface area contributed by atoms with Gasteiger partial charge in [-0.15, -0.1) is 10.2 Å². The molecule has 1 aromatic carbocycles. The Morgan fingerprint density at radius 1 is 1.43 bits per heavy atom. The summed E-state index contributed by atoms with van der Waals surface area (Å²) in [6, 6.07) is 7.93.